The van der Waals surface area contributed by atoms with E-state index in [1.165, 1.54) is 89.9 Å². The van der Waals surface area contributed by atoms with Crippen LogP contribution in [0.2, 0.25) is 0 Å². The summed E-state index contributed by atoms with van der Waals surface area (Å²) in [5, 5.41) is 0. The lowest BCUT2D eigenvalue weighted by Gasteiger charge is -2.18. The van der Waals surface area contributed by atoms with Gasteiger partial charge in [0.15, 0.2) is 6.10 Å². The number of carbonyl (C=O) groups excluding carboxylic acids is 3. The summed E-state index contributed by atoms with van der Waals surface area (Å²) in [6.07, 6.45) is 68.7. The van der Waals surface area contributed by atoms with Crippen LogP contribution in [0, 0.1) is 0 Å². The number of rotatable bonds is 48. The van der Waals surface area contributed by atoms with Crippen molar-refractivity contribution in [1.82, 2.24) is 0 Å². The molecule has 0 rings (SSSR count). The van der Waals surface area contributed by atoms with Crippen molar-refractivity contribution in [2.45, 2.75) is 258 Å². The van der Waals surface area contributed by atoms with Crippen LogP contribution in [0.5, 0.6) is 0 Å². The predicted molar refractivity (Wildman–Crippen MR) is 279 cm³/mol. The van der Waals surface area contributed by atoms with Gasteiger partial charge in [0, 0.05) is 19.3 Å². The van der Waals surface area contributed by atoms with Gasteiger partial charge in [-0.3, -0.25) is 14.4 Å². The Hall–Kier alpha value is -3.41. The van der Waals surface area contributed by atoms with Crippen molar-refractivity contribution < 1.29 is 28.6 Å². The Morgan fingerprint density at radius 1 is 0.323 bits per heavy atom. The molecule has 372 valence electrons. The van der Waals surface area contributed by atoms with Crippen LogP contribution in [0.4, 0.5) is 0 Å². The SMILES string of the molecule is CC/C=C\C/C=C\C/C=C\C/C=C\C/C=C\C/C=C\C/C=C\CCCCCCCC(=O)OCC(COC(=O)CCCCCCCCC)OC(=O)CCCCCCCCCCCCCCC. The maximum atomic E-state index is 12.7. The summed E-state index contributed by atoms with van der Waals surface area (Å²) >= 11 is 0. The van der Waals surface area contributed by atoms with Crippen molar-refractivity contribution >= 4 is 17.9 Å². The number of unbranched alkanes of at least 4 members (excludes halogenated alkanes) is 23. The topological polar surface area (TPSA) is 78.9 Å². The number of allylic oxidation sites excluding steroid dienone is 14. The summed E-state index contributed by atoms with van der Waals surface area (Å²) in [5.41, 5.74) is 0. The maximum Gasteiger partial charge on any atom is 0.306 e. The van der Waals surface area contributed by atoms with Gasteiger partial charge in [-0.2, -0.15) is 0 Å². The number of hydrogen-bond acceptors (Lipinski definition) is 6. The zero-order valence-electron chi connectivity index (χ0n) is 42.5. The Balaban J connectivity index is 4.22. The molecule has 0 aliphatic rings. The summed E-state index contributed by atoms with van der Waals surface area (Å²) in [6.45, 7) is 6.46. The molecule has 1 unspecified atom stereocenters. The first-order chi connectivity index (χ1) is 32.0. The zero-order valence-corrected chi connectivity index (χ0v) is 42.5. The van der Waals surface area contributed by atoms with Gasteiger partial charge in [0.1, 0.15) is 13.2 Å². The van der Waals surface area contributed by atoms with E-state index in [0.717, 1.165) is 122 Å². The summed E-state index contributed by atoms with van der Waals surface area (Å²) in [7, 11) is 0. The predicted octanol–water partition coefficient (Wildman–Crippen LogP) is 18.0. The van der Waals surface area contributed by atoms with Crippen LogP contribution in [0.1, 0.15) is 252 Å². The Bertz CT molecular complexity index is 1270. The molecule has 0 bridgehead atoms. The lowest BCUT2D eigenvalue weighted by molar-refractivity contribution is -0.167. The molecule has 0 saturated heterocycles. The van der Waals surface area contributed by atoms with Crippen LogP contribution in [0.25, 0.3) is 0 Å². The Labute approximate surface area is 401 Å². The molecular formula is C59H100O6. The van der Waals surface area contributed by atoms with Gasteiger partial charge in [0.2, 0.25) is 0 Å². The average molecular weight is 905 g/mol. The average Bonchev–Trinajstić information content (AvgIpc) is 3.30. The highest BCUT2D eigenvalue weighted by Crippen LogP contribution is 2.15. The molecule has 65 heavy (non-hydrogen) atoms. The first-order valence-corrected chi connectivity index (χ1v) is 27.1. The minimum Gasteiger partial charge on any atom is -0.462 e. The van der Waals surface area contributed by atoms with E-state index < -0.39 is 6.10 Å². The monoisotopic (exact) mass is 905 g/mol. The van der Waals surface area contributed by atoms with Crippen molar-refractivity contribution in [1.29, 1.82) is 0 Å². The molecule has 0 N–H and O–H groups in total. The fourth-order valence-electron chi connectivity index (χ4n) is 7.36. The minimum absolute atomic E-state index is 0.0806. The third-order valence-electron chi connectivity index (χ3n) is 11.4. The van der Waals surface area contributed by atoms with Gasteiger partial charge in [-0.05, 0) is 77.0 Å². The zero-order chi connectivity index (χ0) is 47.2. The number of esters is 3. The molecular weight excluding hydrogens is 805 g/mol. The largest absolute Gasteiger partial charge is 0.462 e. The summed E-state index contributed by atoms with van der Waals surface area (Å²) in [5.74, 6) is -0.905. The first-order valence-electron chi connectivity index (χ1n) is 27.1. The summed E-state index contributed by atoms with van der Waals surface area (Å²) in [4.78, 5) is 37.8. The number of ether oxygens (including phenoxy) is 3. The third-order valence-corrected chi connectivity index (χ3v) is 11.4. The highest BCUT2D eigenvalue weighted by atomic mass is 16.6. The van der Waals surface area contributed by atoms with Gasteiger partial charge in [-0.25, -0.2) is 0 Å². The minimum atomic E-state index is -0.779. The normalized spacial score (nSPS) is 12.7. The van der Waals surface area contributed by atoms with E-state index in [0.29, 0.717) is 19.3 Å². The van der Waals surface area contributed by atoms with Crippen LogP contribution in [-0.2, 0) is 28.6 Å². The maximum absolute atomic E-state index is 12.7. The quantitative estimate of drug-likeness (QED) is 0.0262. The second kappa shape index (κ2) is 53.2. The Kier molecular flexibility index (Phi) is 50.4. The van der Waals surface area contributed by atoms with Crippen molar-refractivity contribution in [2.24, 2.45) is 0 Å². The van der Waals surface area contributed by atoms with E-state index in [-0.39, 0.29) is 31.1 Å². The second-order valence-corrected chi connectivity index (χ2v) is 17.8. The van der Waals surface area contributed by atoms with E-state index in [4.69, 9.17) is 14.2 Å². The van der Waals surface area contributed by atoms with Crippen LogP contribution >= 0.6 is 0 Å². The molecule has 6 nitrogen and oxygen atoms in total. The molecule has 0 amide bonds. The molecule has 0 radical (unpaired) electrons. The van der Waals surface area contributed by atoms with Crippen molar-refractivity contribution in [3.05, 3.63) is 85.1 Å². The van der Waals surface area contributed by atoms with E-state index in [1.807, 2.05) is 0 Å². The van der Waals surface area contributed by atoms with Crippen LogP contribution < -0.4 is 0 Å². The standard InChI is InChI=1S/C59H100O6/c1-4-7-10-13-16-18-20-22-23-24-25-26-27-28-29-30-31-32-33-34-35-37-38-40-43-46-49-52-58(61)64-55-56(54-63-57(60)51-48-45-42-15-12-9-6-3)65-59(62)53-50-47-44-41-39-36-21-19-17-14-11-8-5-2/h7,10,16,18,22-23,25-26,28-29,31-32,34-35,56H,4-6,8-9,11-15,17,19-21,24,27,30,33,36-55H2,1-3H3/b10-7-,18-16-,23-22-,26-25-,29-28-,32-31-,35-34-. The van der Waals surface area contributed by atoms with E-state index >= 15 is 0 Å². The van der Waals surface area contributed by atoms with Gasteiger partial charge < -0.3 is 14.2 Å². The Morgan fingerprint density at radius 3 is 0.938 bits per heavy atom. The molecule has 0 aliphatic carbocycles. The van der Waals surface area contributed by atoms with Crippen LogP contribution in [-0.4, -0.2) is 37.2 Å². The second-order valence-electron chi connectivity index (χ2n) is 17.8. The van der Waals surface area contributed by atoms with Gasteiger partial charge in [-0.1, -0.05) is 241 Å². The first kappa shape index (κ1) is 61.6. The third kappa shape index (κ3) is 51.4. The fraction of sp³-hybridized carbons (Fsp3) is 0.712. The van der Waals surface area contributed by atoms with Crippen molar-refractivity contribution in [2.75, 3.05) is 13.2 Å². The fourth-order valence-corrected chi connectivity index (χ4v) is 7.36. The molecule has 0 saturated carbocycles. The van der Waals surface area contributed by atoms with Gasteiger partial charge in [0.25, 0.3) is 0 Å². The molecule has 0 fully saturated rings. The molecule has 0 aromatic heterocycles. The molecule has 0 aliphatic heterocycles. The molecule has 0 heterocycles. The molecule has 0 aromatic rings. The van der Waals surface area contributed by atoms with Crippen molar-refractivity contribution in [3.8, 4) is 0 Å². The molecule has 6 heteroatoms. The van der Waals surface area contributed by atoms with Gasteiger partial charge in [-0.15, -0.1) is 0 Å². The van der Waals surface area contributed by atoms with Crippen LogP contribution in [0.3, 0.4) is 0 Å². The van der Waals surface area contributed by atoms with E-state index in [2.05, 4.69) is 106 Å². The summed E-state index contributed by atoms with van der Waals surface area (Å²) in [6, 6.07) is 0. The summed E-state index contributed by atoms with van der Waals surface area (Å²) < 4.78 is 16.7. The van der Waals surface area contributed by atoms with Gasteiger partial charge >= 0.3 is 17.9 Å². The number of hydrogen-bond donors (Lipinski definition) is 0. The smallest absolute Gasteiger partial charge is 0.306 e. The lowest BCUT2D eigenvalue weighted by atomic mass is 10.0. The highest BCUT2D eigenvalue weighted by molar-refractivity contribution is 5.71. The van der Waals surface area contributed by atoms with E-state index in [9.17, 15) is 14.4 Å². The molecule has 0 aromatic carbocycles. The van der Waals surface area contributed by atoms with Gasteiger partial charge in [0.05, 0.1) is 0 Å². The highest BCUT2D eigenvalue weighted by Gasteiger charge is 2.19. The molecule has 0 spiro atoms. The van der Waals surface area contributed by atoms with E-state index in [1.54, 1.807) is 0 Å². The Morgan fingerprint density at radius 2 is 0.600 bits per heavy atom. The van der Waals surface area contributed by atoms with Crippen molar-refractivity contribution in [3.63, 3.8) is 0 Å². The van der Waals surface area contributed by atoms with Crippen LogP contribution in [0.15, 0.2) is 85.1 Å². The lowest BCUT2D eigenvalue weighted by Crippen LogP contribution is -2.30. The number of carbonyl (C=O) groups is 3. The molecule has 1 atom stereocenters.